The summed E-state index contributed by atoms with van der Waals surface area (Å²) in [6, 6.07) is 4.54. The van der Waals surface area contributed by atoms with Crippen LogP contribution in [0, 0.1) is 5.82 Å². The third-order valence-electron chi connectivity index (χ3n) is 3.74. The summed E-state index contributed by atoms with van der Waals surface area (Å²) >= 11 is 0. The third kappa shape index (κ3) is 2.01. The zero-order chi connectivity index (χ0) is 13.2. The van der Waals surface area contributed by atoms with Gasteiger partial charge in [0.15, 0.2) is 5.78 Å². The van der Waals surface area contributed by atoms with Gasteiger partial charge in [-0.1, -0.05) is 6.42 Å². The van der Waals surface area contributed by atoms with Crippen LogP contribution >= 0.6 is 0 Å². The number of halogens is 1. The Morgan fingerprint density at radius 3 is 2.78 bits per heavy atom. The highest BCUT2D eigenvalue weighted by Crippen LogP contribution is 2.36. The van der Waals surface area contributed by atoms with Gasteiger partial charge < -0.3 is 10.1 Å². The van der Waals surface area contributed by atoms with Crippen LogP contribution in [0.1, 0.15) is 31.2 Å². The second-order valence-corrected chi connectivity index (χ2v) is 4.63. The van der Waals surface area contributed by atoms with E-state index in [9.17, 15) is 9.18 Å². The molecule has 0 bridgehead atoms. The Kier molecular flexibility index (Phi) is 3.66. The number of hydrogen-bond acceptors (Lipinski definition) is 3. The average Bonchev–Trinajstić information content (AvgIpc) is 2.40. The van der Waals surface area contributed by atoms with Crippen molar-refractivity contribution in [3.8, 4) is 5.75 Å². The normalized spacial score (nSPS) is 24.1. The van der Waals surface area contributed by atoms with Crippen LogP contribution in [-0.4, -0.2) is 19.9 Å². The molecular formula is C14H18FNO2. The van der Waals surface area contributed by atoms with Gasteiger partial charge in [0, 0.05) is 12.0 Å². The van der Waals surface area contributed by atoms with Gasteiger partial charge in [-0.25, -0.2) is 4.39 Å². The van der Waals surface area contributed by atoms with Crippen molar-refractivity contribution in [1.82, 2.24) is 5.32 Å². The Morgan fingerprint density at radius 2 is 2.17 bits per heavy atom. The molecule has 1 aliphatic rings. The molecule has 18 heavy (non-hydrogen) atoms. The van der Waals surface area contributed by atoms with E-state index in [1.165, 1.54) is 13.2 Å². The molecule has 3 nitrogen and oxygen atoms in total. The van der Waals surface area contributed by atoms with Crippen LogP contribution in [0.4, 0.5) is 4.39 Å². The van der Waals surface area contributed by atoms with Gasteiger partial charge in [-0.15, -0.1) is 0 Å². The molecule has 0 aliphatic heterocycles. The highest BCUT2D eigenvalue weighted by atomic mass is 19.1. The SMILES string of the molecule is CNC1(c2cc(OC)ccc2F)CCCCC1=O. The molecule has 0 aromatic heterocycles. The quantitative estimate of drug-likeness (QED) is 0.896. The number of carbonyl (C=O) groups is 1. The van der Waals surface area contributed by atoms with Crippen molar-refractivity contribution in [2.75, 3.05) is 14.2 Å². The number of benzene rings is 1. The minimum Gasteiger partial charge on any atom is -0.497 e. The minimum atomic E-state index is -0.892. The molecule has 1 aromatic carbocycles. The number of ketones is 1. The van der Waals surface area contributed by atoms with Crippen LogP contribution in [0.5, 0.6) is 5.75 Å². The monoisotopic (exact) mass is 251 g/mol. The summed E-state index contributed by atoms with van der Waals surface area (Å²) in [7, 11) is 3.24. The number of Topliss-reactive ketones (excluding diaryl/α,β-unsaturated/α-hetero) is 1. The van der Waals surface area contributed by atoms with E-state index >= 15 is 0 Å². The zero-order valence-electron chi connectivity index (χ0n) is 10.8. The van der Waals surface area contributed by atoms with E-state index in [2.05, 4.69) is 5.32 Å². The van der Waals surface area contributed by atoms with Gasteiger partial charge in [0.1, 0.15) is 17.1 Å². The van der Waals surface area contributed by atoms with E-state index < -0.39 is 5.54 Å². The summed E-state index contributed by atoms with van der Waals surface area (Å²) in [5, 5.41) is 3.03. The number of rotatable bonds is 3. The zero-order valence-corrected chi connectivity index (χ0v) is 10.8. The molecule has 1 aromatic rings. The molecule has 1 fully saturated rings. The minimum absolute atomic E-state index is 0.0587. The summed E-state index contributed by atoms with van der Waals surface area (Å²) in [5.74, 6) is 0.267. The first-order chi connectivity index (χ1) is 8.64. The Labute approximate surface area is 106 Å². The molecule has 1 saturated carbocycles. The van der Waals surface area contributed by atoms with Crippen LogP contribution < -0.4 is 10.1 Å². The summed E-state index contributed by atoms with van der Waals surface area (Å²) in [4.78, 5) is 12.2. The smallest absolute Gasteiger partial charge is 0.157 e. The molecule has 0 spiro atoms. The molecule has 4 heteroatoms. The average molecular weight is 251 g/mol. The predicted octanol–water partition coefficient (Wildman–Crippen LogP) is 2.39. The van der Waals surface area contributed by atoms with Gasteiger partial charge in [-0.3, -0.25) is 4.79 Å². The van der Waals surface area contributed by atoms with Crippen molar-refractivity contribution in [1.29, 1.82) is 0 Å². The molecule has 98 valence electrons. The molecule has 0 heterocycles. The topological polar surface area (TPSA) is 38.3 Å². The lowest BCUT2D eigenvalue weighted by atomic mass is 9.75. The molecule has 0 radical (unpaired) electrons. The lowest BCUT2D eigenvalue weighted by molar-refractivity contribution is -0.127. The first-order valence-corrected chi connectivity index (χ1v) is 6.20. The first kappa shape index (κ1) is 13.0. The number of likely N-dealkylation sites (N-methyl/N-ethyl adjacent to an activating group) is 1. The van der Waals surface area contributed by atoms with Gasteiger partial charge >= 0.3 is 0 Å². The summed E-state index contributed by atoms with van der Waals surface area (Å²) in [6.45, 7) is 0. The number of nitrogens with one attached hydrogen (secondary N) is 1. The fourth-order valence-corrected chi connectivity index (χ4v) is 2.67. The van der Waals surface area contributed by atoms with E-state index in [0.29, 0.717) is 24.2 Å². The van der Waals surface area contributed by atoms with E-state index in [4.69, 9.17) is 4.74 Å². The number of methoxy groups -OCH3 is 1. The van der Waals surface area contributed by atoms with Gasteiger partial charge in [0.25, 0.3) is 0 Å². The maximum absolute atomic E-state index is 14.0. The molecular weight excluding hydrogens is 233 g/mol. The van der Waals surface area contributed by atoms with E-state index in [1.54, 1.807) is 19.2 Å². The molecule has 2 rings (SSSR count). The molecule has 1 N–H and O–H groups in total. The second-order valence-electron chi connectivity index (χ2n) is 4.63. The van der Waals surface area contributed by atoms with Crippen molar-refractivity contribution in [3.05, 3.63) is 29.6 Å². The highest BCUT2D eigenvalue weighted by Gasteiger charge is 2.42. The summed E-state index contributed by atoms with van der Waals surface area (Å²) < 4.78 is 19.2. The van der Waals surface area contributed by atoms with Crippen molar-refractivity contribution >= 4 is 5.78 Å². The summed E-state index contributed by atoms with van der Waals surface area (Å²) in [6.07, 6.45) is 2.93. The van der Waals surface area contributed by atoms with Crippen LogP contribution in [0.25, 0.3) is 0 Å². The fourth-order valence-electron chi connectivity index (χ4n) is 2.67. The maximum Gasteiger partial charge on any atom is 0.157 e. The third-order valence-corrected chi connectivity index (χ3v) is 3.74. The number of hydrogen-bond donors (Lipinski definition) is 1. The lowest BCUT2D eigenvalue weighted by Crippen LogP contribution is -2.49. The van der Waals surface area contributed by atoms with E-state index in [1.807, 2.05) is 0 Å². The molecule has 0 amide bonds. The Morgan fingerprint density at radius 1 is 1.39 bits per heavy atom. The second kappa shape index (κ2) is 5.06. The van der Waals surface area contributed by atoms with Crippen LogP contribution in [0.3, 0.4) is 0 Å². The fraction of sp³-hybridized carbons (Fsp3) is 0.500. The summed E-state index contributed by atoms with van der Waals surface area (Å²) in [5.41, 5.74) is -0.495. The van der Waals surface area contributed by atoms with Crippen LogP contribution in [-0.2, 0) is 10.3 Å². The largest absolute Gasteiger partial charge is 0.497 e. The van der Waals surface area contributed by atoms with Crippen LogP contribution in [0.2, 0.25) is 0 Å². The first-order valence-electron chi connectivity index (χ1n) is 6.20. The number of ether oxygens (including phenoxy) is 1. The Balaban J connectivity index is 2.52. The van der Waals surface area contributed by atoms with Crippen molar-refractivity contribution in [2.24, 2.45) is 0 Å². The number of carbonyl (C=O) groups excluding carboxylic acids is 1. The molecule has 0 saturated heterocycles. The van der Waals surface area contributed by atoms with E-state index in [0.717, 1.165) is 12.8 Å². The van der Waals surface area contributed by atoms with Gasteiger partial charge in [-0.05, 0) is 38.1 Å². The highest BCUT2D eigenvalue weighted by molar-refractivity contribution is 5.90. The predicted molar refractivity (Wildman–Crippen MR) is 67.2 cm³/mol. The van der Waals surface area contributed by atoms with Gasteiger partial charge in [0.2, 0.25) is 0 Å². The van der Waals surface area contributed by atoms with Crippen molar-refractivity contribution in [3.63, 3.8) is 0 Å². The lowest BCUT2D eigenvalue weighted by Gasteiger charge is -2.36. The van der Waals surface area contributed by atoms with E-state index in [-0.39, 0.29) is 11.6 Å². The molecule has 1 atom stereocenters. The maximum atomic E-state index is 14.0. The van der Waals surface area contributed by atoms with Gasteiger partial charge in [-0.2, -0.15) is 0 Å². The molecule has 1 aliphatic carbocycles. The Hall–Kier alpha value is -1.42. The van der Waals surface area contributed by atoms with Gasteiger partial charge in [0.05, 0.1) is 7.11 Å². The Bertz CT molecular complexity index is 461. The van der Waals surface area contributed by atoms with Crippen molar-refractivity contribution in [2.45, 2.75) is 31.2 Å². The van der Waals surface area contributed by atoms with Crippen molar-refractivity contribution < 1.29 is 13.9 Å². The standard InChI is InChI=1S/C14H18FNO2/c1-16-14(8-4-3-5-13(14)17)11-9-10(18-2)6-7-12(11)15/h6-7,9,16H,3-5,8H2,1-2H3. The molecule has 1 unspecified atom stereocenters. The van der Waals surface area contributed by atoms with Crippen LogP contribution in [0.15, 0.2) is 18.2 Å².